The maximum absolute atomic E-state index is 3.93. The molecule has 0 radical (unpaired) electrons. The molecule has 0 heterocycles. The summed E-state index contributed by atoms with van der Waals surface area (Å²) in [5.41, 5.74) is 3.81. The van der Waals surface area contributed by atoms with E-state index in [-0.39, 0.29) is 0 Å². The van der Waals surface area contributed by atoms with E-state index in [1.54, 1.807) is 0 Å². The van der Waals surface area contributed by atoms with Crippen LogP contribution in [0.4, 0.5) is 0 Å². The maximum atomic E-state index is 3.93. The van der Waals surface area contributed by atoms with Crippen LogP contribution >= 0.6 is 0 Å². The summed E-state index contributed by atoms with van der Waals surface area (Å²) in [4.78, 5) is 0. The van der Waals surface area contributed by atoms with E-state index in [0.717, 1.165) is 6.42 Å². The van der Waals surface area contributed by atoms with Gasteiger partial charge < -0.3 is 0 Å². The fourth-order valence-electron chi connectivity index (χ4n) is 1.88. The standard InChI is InChI=1S/C17H18/c1-13(2)8-9-14(3)16-11-10-15-6-4-5-7-17(15)12-16/h4-7,9-12H,1,8H2,2-3H3/b14-9+. The molecule has 0 heteroatoms. The van der Waals surface area contributed by atoms with Crippen LogP contribution in [0.3, 0.4) is 0 Å². The molecule has 2 aromatic carbocycles. The van der Waals surface area contributed by atoms with Crippen molar-refractivity contribution in [2.45, 2.75) is 20.3 Å². The molecule has 0 aromatic heterocycles. The van der Waals surface area contributed by atoms with Crippen LogP contribution in [-0.2, 0) is 0 Å². The first-order valence-electron chi connectivity index (χ1n) is 5.97. The Hall–Kier alpha value is -1.82. The first kappa shape index (κ1) is 11.7. The van der Waals surface area contributed by atoms with Crippen LogP contribution in [0.2, 0.25) is 0 Å². The summed E-state index contributed by atoms with van der Waals surface area (Å²) >= 11 is 0. The molecular weight excluding hydrogens is 204 g/mol. The van der Waals surface area contributed by atoms with Gasteiger partial charge in [-0.15, -0.1) is 0 Å². The zero-order chi connectivity index (χ0) is 12.3. The lowest BCUT2D eigenvalue weighted by atomic mass is 10.0. The van der Waals surface area contributed by atoms with Crippen LogP contribution in [0.1, 0.15) is 25.8 Å². The smallest absolute Gasteiger partial charge is 0.0138 e. The van der Waals surface area contributed by atoms with Gasteiger partial charge in [0.2, 0.25) is 0 Å². The predicted molar refractivity (Wildman–Crippen MR) is 77.0 cm³/mol. The van der Waals surface area contributed by atoms with Gasteiger partial charge in [0, 0.05) is 0 Å². The largest absolute Gasteiger partial charge is 0.0998 e. The number of benzene rings is 2. The molecule has 0 fully saturated rings. The summed E-state index contributed by atoms with van der Waals surface area (Å²) in [5.74, 6) is 0. The van der Waals surface area contributed by atoms with Crippen molar-refractivity contribution >= 4 is 16.3 Å². The van der Waals surface area contributed by atoms with E-state index >= 15 is 0 Å². The van der Waals surface area contributed by atoms with Crippen molar-refractivity contribution in [2.75, 3.05) is 0 Å². The molecule has 0 nitrogen and oxygen atoms in total. The molecular formula is C17H18. The molecule has 2 rings (SSSR count). The van der Waals surface area contributed by atoms with Gasteiger partial charge in [-0.25, -0.2) is 0 Å². The Morgan fingerprint density at radius 2 is 1.76 bits per heavy atom. The Balaban J connectivity index is 2.36. The highest BCUT2D eigenvalue weighted by Gasteiger charge is 1.97. The van der Waals surface area contributed by atoms with Crippen LogP contribution in [0, 0.1) is 0 Å². The molecule has 0 spiro atoms. The van der Waals surface area contributed by atoms with Gasteiger partial charge in [0.1, 0.15) is 0 Å². The van der Waals surface area contributed by atoms with E-state index in [1.807, 2.05) is 0 Å². The second-order valence-electron chi connectivity index (χ2n) is 4.61. The van der Waals surface area contributed by atoms with Gasteiger partial charge in [0.25, 0.3) is 0 Å². The fraction of sp³-hybridized carbons (Fsp3) is 0.176. The number of allylic oxidation sites excluding steroid dienone is 3. The lowest BCUT2D eigenvalue weighted by Gasteiger charge is -2.04. The molecule has 0 amide bonds. The Labute approximate surface area is 103 Å². The summed E-state index contributed by atoms with van der Waals surface area (Å²) in [7, 11) is 0. The Kier molecular flexibility index (Phi) is 3.43. The Morgan fingerprint density at radius 3 is 2.47 bits per heavy atom. The molecule has 86 valence electrons. The van der Waals surface area contributed by atoms with Crippen molar-refractivity contribution in [3.8, 4) is 0 Å². The first-order chi connectivity index (χ1) is 8.16. The molecule has 0 saturated carbocycles. The highest BCUT2D eigenvalue weighted by Crippen LogP contribution is 2.21. The predicted octanol–water partition coefficient (Wildman–Crippen LogP) is 5.21. The number of rotatable bonds is 3. The van der Waals surface area contributed by atoms with E-state index < -0.39 is 0 Å². The molecule has 0 unspecified atom stereocenters. The lowest BCUT2D eigenvalue weighted by molar-refractivity contribution is 1.22. The van der Waals surface area contributed by atoms with Crippen molar-refractivity contribution in [2.24, 2.45) is 0 Å². The van der Waals surface area contributed by atoms with Crippen LogP contribution in [0.25, 0.3) is 16.3 Å². The summed E-state index contributed by atoms with van der Waals surface area (Å²) in [5, 5.41) is 2.59. The molecule has 17 heavy (non-hydrogen) atoms. The average molecular weight is 222 g/mol. The zero-order valence-corrected chi connectivity index (χ0v) is 10.5. The lowest BCUT2D eigenvalue weighted by Crippen LogP contribution is -1.81. The number of hydrogen-bond donors (Lipinski definition) is 0. The third kappa shape index (κ3) is 2.85. The number of fused-ring (bicyclic) bond motifs is 1. The van der Waals surface area contributed by atoms with Crippen molar-refractivity contribution in [3.63, 3.8) is 0 Å². The molecule has 0 bridgehead atoms. The summed E-state index contributed by atoms with van der Waals surface area (Å²) < 4.78 is 0. The zero-order valence-electron chi connectivity index (χ0n) is 10.5. The minimum atomic E-state index is 0.957. The minimum absolute atomic E-state index is 0.957. The minimum Gasteiger partial charge on any atom is -0.0998 e. The molecule has 2 aromatic rings. The van der Waals surface area contributed by atoms with Gasteiger partial charge in [0.05, 0.1) is 0 Å². The van der Waals surface area contributed by atoms with Gasteiger partial charge in [-0.1, -0.05) is 54.6 Å². The van der Waals surface area contributed by atoms with Gasteiger partial charge in [0.15, 0.2) is 0 Å². The first-order valence-corrected chi connectivity index (χ1v) is 5.97. The van der Waals surface area contributed by atoms with Crippen LogP contribution in [0.5, 0.6) is 0 Å². The quantitative estimate of drug-likeness (QED) is 0.625. The molecule has 0 aliphatic carbocycles. The third-order valence-electron chi connectivity index (χ3n) is 2.96. The summed E-state index contributed by atoms with van der Waals surface area (Å²) in [6.45, 7) is 8.15. The van der Waals surface area contributed by atoms with Crippen LogP contribution in [-0.4, -0.2) is 0 Å². The van der Waals surface area contributed by atoms with E-state index in [9.17, 15) is 0 Å². The Morgan fingerprint density at radius 1 is 1.06 bits per heavy atom. The average Bonchev–Trinajstić information content (AvgIpc) is 2.35. The molecule has 0 saturated heterocycles. The maximum Gasteiger partial charge on any atom is -0.0138 e. The Bertz CT molecular complexity index is 573. The van der Waals surface area contributed by atoms with Gasteiger partial charge >= 0.3 is 0 Å². The third-order valence-corrected chi connectivity index (χ3v) is 2.96. The second-order valence-corrected chi connectivity index (χ2v) is 4.61. The highest BCUT2D eigenvalue weighted by molar-refractivity contribution is 5.86. The van der Waals surface area contributed by atoms with Gasteiger partial charge in [-0.3, -0.25) is 0 Å². The topological polar surface area (TPSA) is 0 Å². The summed E-state index contributed by atoms with van der Waals surface area (Å²) in [6.07, 6.45) is 3.20. The second kappa shape index (κ2) is 5.01. The van der Waals surface area contributed by atoms with Crippen LogP contribution in [0.15, 0.2) is 60.7 Å². The molecule has 0 atom stereocenters. The van der Waals surface area contributed by atoms with E-state index in [2.05, 4.69) is 69.0 Å². The van der Waals surface area contributed by atoms with Crippen molar-refractivity contribution in [1.82, 2.24) is 0 Å². The van der Waals surface area contributed by atoms with Crippen molar-refractivity contribution in [1.29, 1.82) is 0 Å². The van der Waals surface area contributed by atoms with Gasteiger partial charge in [-0.2, -0.15) is 0 Å². The van der Waals surface area contributed by atoms with Crippen molar-refractivity contribution in [3.05, 3.63) is 66.3 Å². The molecule has 0 aliphatic heterocycles. The van der Waals surface area contributed by atoms with Crippen LogP contribution < -0.4 is 0 Å². The summed E-state index contributed by atoms with van der Waals surface area (Å²) in [6, 6.07) is 15.1. The van der Waals surface area contributed by atoms with E-state index in [0.29, 0.717) is 0 Å². The van der Waals surface area contributed by atoms with Gasteiger partial charge in [-0.05, 0) is 48.2 Å². The van der Waals surface area contributed by atoms with Crippen molar-refractivity contribution < 1.29 is 0 Å². The highest BCUT2D eigenvalue weighted by atomic mass is 14.0. The van der Waals surface area contributed by atoms with E-state index in [4.69, 9.17) is 0 Å². The number of hydrogen-bond acceptors (Lipinski definition) is 0. The molecule has 0 aliphatic rings. The monoisotopic (exact) mass is 222 g/mol. The SMILES string of the molecule is C=C(C)C/C=C(\C)c1ccc2ccccc2c1. The normalized spacial score (nSPS) is 11.8. The molecule has 0 N–H and O–H groups in total. The van der Waals surface area contributed by atoms with E-state index in [1.165, 1.54) is 27.5 Å². The fourth-order valence-corrected chi connectivity index (χ4v) is 1.88.